The lowest BCUT2D eigenvalue weighted by molar-refractivity contribution is -0.121. The van der Waals surface area contributed by atoms with Crippen LogP contribution in [-0.4, -0.2) is 52.3 Å². The standard InChI is InChI=1S/C26H36ClN3O4/c1-6-17(2)13-22(31)18(3)19-7-9-20(10-8-19)34-21-11-12-30(14-21)24-23(27)25(29-16-28-24)33-15-26(4,5)32/h7-10,16-18,21,32H,6,11-15H2,1-5H3/t17-,18?,21?/m1/s1. The number of Topliss-reactive ketones (excluding diaryl/α,β-unsaturated/α-hetero) is 1. The summed E-state index contributed by atoms with van der Waals surface area (Å²) >= 11 is 6.50. The van der Waals surface area contributed by atoms with Crippen molar-refractivity contribution in [3.8, 4) is 11.6 Å². The zero-order valence-electron chi connectivity index (χ0n) is 20.8. The molecule has 34 heavy (non-hydrogen) atoms. The van der Waals surface area contributed by atoms with E-state index in [-0.39, 0.29) is 30.3 Å². The van der Waals surface area contributed by atoms with Crippen LogP contribution in [0.2, 0.25) is 5.02 Å². The van der Waals surface area contributed by atoms with Gasteiger partial charge in [0.15, 0.2) is 5.82 Å². The van der Waals surface area contributed by atoms with Crippen LogP contribution in [0.15, 0.2) is 30.6 Å². The van der Waals surface area contributed by atoms with Crippen molar-refractivity contribution in [1.82, 2.24) is 9.97 Å². The minimum atomic E-state index is -0.990. The Morgan fingerprint density at radius 1 is 1.26 bits per heavy atom. The molecule has 1 fully saturated rings. The zero-order chi connectivity index (χ0) is 24.9. The number of nitrogens with zero attached hydrogens (tertiary/aromatic N) is 3. The number of anilines is 1. The second kappa shape index (κ2) is 11.4. The first-order chi connectivity index (χ1) is 16.1. The summed E-state index contributed by atoms with van der Waals surface area (Å²) in [5.41, 5.74) is 0.0234. The van der Waals surface area contributed by atoms with E-state index in [1.54, 1.807) is 13.8 Å². The van der Waals surface area contributed by atoms with E-state index >= 15 is 0 Å². The molecule has 3 rings (SSSR count). The molecule has 0 radical (unpaired) electrons. The predicted molar refractivity (Wildman–Crippen MR) is 134 cm³/mol. The van der Waals surface area contributed by atoms with Gasteiger partial charge in [0.1, 0.15) is 35.6 Å². The number of hydrogen-bond acceptors (Lipinski definition) is 7. The van der Waals surface area contributed by atoms with E-state index in [2.05, 4.69) is 28.7 Å². The second-order valence-corrected chi connectivity index (χ2v) is 10.2. The third-order valence-electron chi connectivity index (χ3n) is 6.16. The second-order valence-electron chi connectivity index (χ2n) is 9.87. The maximum Gasteiger partial charge on any atom is 0.238 e. The van der Waals surface area contributed by atoms with Crippen molar-refractivity contribution in [3.05, 3.63) is 41.2 Å². The van der Waals surface area contributed by atoms with Crippen LogP contribution in [0.5, 0.6) is 11.6 Å². The molecule has 0 spiro atoms. The van der Waals surface area contributed by atoms with Crippen LogP contribution < -0.4 is 14.4 Å². The van der Waals surface area contributed by atoms with Crippen molar-refractivity contribution in [2.45, 2.75) is 71.5 Å². The molecule has 0 bridgehead atoms. The van der Waals surface area contributed by atoms with Gasteiger partial charge in [-0.1, -0.05) is 50.9 Å². The Balaban J connectivity index is 1.58. The van der Waals surface area contributed by atoms with E-state index in [1.807, 2.05) is 31.2 Å². The van der Waals surface area contributed by atoms with Gasteiger partial charge in [-0.05, 0) is 37.5 Å². The lowest BCUT2D eigenvalue weighted by Crippen LogP contribution is -2.29. The number of aliphatic hydroxyl groups is 1. The summed E-state index contributed by atoms with van der Waals surface area (Å²) in [7, 11) is 0. The minimum absolute atomic E-state index is 0.0120. The normalized spacial score (nSPS) is 18.0. The van der Waals surface area contributed by atoms with Crippen LogP contribution in [0.1, 0.15) is 65.4 Å². The van der Waals surface area contributed by atoms with Gasteiger partial charge in [0.25, 0.3) is 0 Å². The number of carbonyl (C=O) groups excluding carboxylic acids is 1. The Kier molecular flexibility index (Phi) is 8.77. The fraction of sp³-hybridized carbons (Fsp3) is 0.577. The molecule has 1 saturated heterocycles. The van der Waals surface area contributed by atoms with Crippen LogP contribution in [-0.2, 0) is 4.79 Å². The van der Waals surface area contributed by atoms with Crippen molar-refractivity contribution in [2.24, 2.45) is 5.92 Å². The Morgan fingerprint density at radius 2 is 1.97 bits per heavy atom. The summed E-state index contributed by atoms with van der Waals surface area (Å²) in [6.45, 7) is 11.0. The van der Waals surface area contributed by atoms with Gasteiger partial charge in [0, 0.05) is 25.3 Å². The molecule has 0 saturated carbocycles. The predicted octanol–water partition coefficient (Wildman–Crippen LogP) is 5.05. The molecule has 2 unspecified atom stereocenters. The molecule has 2 aromatic rings. The van der Waals surface area contributed by atoms with Crippen molar-refractivity contribution >= 4 is 23.2 Å². The fourth-order valence-electron chi connectivity index (χ4n) is 3.81. The largest absolute Gasteiger partial charge is 0.489 e. The van der Waals surface area contributed by atoms with Crippen molar-refractivity contribution in [2.75, 3.05) is 24.6 Å². The van der Waals surface area contributed by atoms with Crippen LogP contribution in [0.3, 0.4) is 0 Å². The maximum absolute atomic E-state index is 12.5. The number of hydrogen-bond donors (Lipinski definition) is 1. The van der Waals surface area contributed by atoms with E-state index in [4.69, 9.17) is 21.1 Å². The van der Waals surface area contributed by atoms with Gasteiger partial charge in [0.05, 0.1) is 12.1 Å². The highest BCUT2D eigenvalue weighted by Crippen LogP contribution is 2.33. The number of ketones is 1. The van der Waals surface area contributed by atoms with Gasteiger partial charge < -0.3 is 19.5 Å². The number of halogens is 1. The summed E-state index contributed by atoms with van der Waals surface area (Å²) in [4.78, 5) is 23.0. The summed E-state index contributed by atoms with van der Waals surface area (Å²) < 4.78 is 11.8. The molecule has 0 amide bonds. The van der Waals surface area contributed by atoms with E-state index in [0.29, 0.717) is 29.7 Å². The molecule has 1 aliphatic heterocycles. The molecule has 2 heterocycles. The van der Waals surface area contributed by atoms with Gasteiger partial charge in [-0.2, -0.15) is 0 Å². The highest BCUT2D eigenvalue weighted by atomic mass is 35.5. The van der Waals surface area contributed by atoms with E-state index in [0.717, 1.165) is 30.7 Å². The smallest absolute Gasteiger partial charge is 0.238 e. The van der Waals surface area contributed by atoms with Crippen LogP contribution >= 0.6 is 11.6 Å². The molecule has 8 heteroatoms. The Labute approximate surface area is 207 Å². The summed E-state index contributed by atoms with van der Waals surface area (Å²) in [5, 5.41) is 10.2. The van der Waals surface area contributed by atoms with Crippen molar-refractivity contribution in [3.63, 3.8) is 0 Å². The monoisotopic (exact) mass is 489 g/mol. The highest BCUT2D eigenvalue weighted by Gasteiger charge is 2.28. The van der Waals surface area contributed by atoms with Gasteiger partial charge in [-0.15, -0.1) is 0 Å². The fourth-order valence-corrected chi connectivity index (χ4v) is 4.08. The molecule has 1 aromatic carbocycles. The molecule has 7 nitrogen and oxygen atoms in total. The molecular formula is C26H36ClN3O4. The van der Waals surface area contributed by atoms with Crippen LogP contribution in [0.25, 0.3) is 0 Å². The first kappa shape index (κ1) is 26.2. The number of rotatable bonds is 11. The van der Waals surface area contributed by atoms with Crippen molar-refractivity contribution < 1.29 is 19.4 Å². The molecular weight excluding hydrogens is 454 g/mol. The Hall–Kier alpha value is -2.38. The van der Waals surface area contributed by atoms with Crippen LogP contribution in [0, 0.1) is 5.92 Å². The maximum atomic E-state index is 12.5. The van der Waals surface area contributed by atoms with Gasteiger partial charge >= 0.3 is 0 Å². The highest BCUT2D eigenvalue weighted by molar-refractivity contribution is 6.34. The van der Waals surface area contributed by atoms with E-state index in [1.165, 1.54) is 6.33 Å². The van der Waals surface area contributed by atoms with Crippen molar-refractivity contribution in [1.29, 1.82) is 0 Å². The Bertz CT molecular complexity index is 962. The number of aromatic nitrogens is 2. The first-order valence-electron chi connectivity index (χ1n) is 12.0. The first-order valence-corrected chi connectivity index (χ1v) is 12.3. The average molecular weight is 490 g/mol. The molecule has 186 valence electrons. The average Bonchev–Trinajstić information content (AvgIpc) is 3.25. The van der Waals surface area contributed by atoms with Gasteiger partial charge in [-0.3, -0.25) is 4.79 Å². The minimum Gasteiger partial charge on any atom is -0.489 e. The zero-order valence-corrected chi connectivity index (χ0v) is 21.5. The number of ether oxygens (including phenoxy) is 2. The summed E-state index contributed by atoms with van der Waals surface area (Å²) in [6.07, 6.45) is 3.86. The summed E-state index contributed by atoms with van der Waals surface area (Å²) in [5.74, 6) is 2.21. The number of carbonyl (C=O) groups is 1. The van der Waals surface area contributed by atoms with E-state index in [9.17, 15) is 9.90 Å². The SMILES string of the molecule is CC[C@@H](C)CC(=O)C(C)c1ccc(OC2CCN(c3ncnc(OCC(C)(C)O)c3Cl)C2)cc1. The molecule has 0 aliphatic carbocycles. The quantitative estimate of drug-likeness (QED) is 0.473. The molecule has 1 aliphatic rings. The third-order valence-corrected chi connectivity index (χ3v) is 6.49. The van der Waals surface area contributed by atoms with Crippen LogP contribution in [0.4, 0.5) is 5.82 Å². The summed E-state index contributed by atoms with van der Waals surface area (Å²) in [6, 6.07) is 7.83. The van der Waals surface area contributed by atoms with Gasteiger partial charge in [0.2, 0.25) is 5.88 Å². The van der Waals surface area contributed by atoms with E-state index < -0.39 is 5.60 Å². The molecule has 3 atom stereocenters. The third kappa shape index (κ3) is 7.06. The molecule has 1 N–H and O–H groups in total. The lowest BCUT2D eigenvalue weighted by Gasteiger charge is -2.21. The van der Waals surface area contributed by atoms with Gasteiger partial charge in [-0.25, -0.2) is 9.97 Å². The molecule has 1 aromatic heterocycles. The number of benzene rings is 1. The Morgan fingerprint density at radius 3 is 2.62 bits per heavy atom. The lowest BCUT2D eigenvalue weighted by atomic mass is 9.90. The topological polar surface area (TPSA) is 84.8 Å².